The number of benzene rings is 2. The van der Waals surface area contributed by atoms with E-state index >= 15 is 0 Å². The summed E-state index contributed by atoms with van der Waals surface area (Å²) in [4.78, 5) is 40.9. The number of amides is 4. The molecule has 1 fully saturated rings. The Labute approximate surface area is 204 Å². The number of rotatable bonds is 6. The lowest BCUT2D eigenvalue weighted by Gasteiger charge is -2.37. The number of nitrogens with one attached hydrogen (secondary N) is 2. The third-order valence-corrected chi connectivity index (χ3v) is 5.88. The Morgan fingerprint density at radius 1 is 1.14 bits per heavy atom. The molecular weight excluding hydrogens is 477 g/mol. The molecule has 2 heterocycles. The van der Waals surface area contributed by atoms with E-state index in [1.165, 1.54) is 31.2 Å². The van der Waals surface area contributed by atoms with Crippen LogP contribution in [0.4, 0.5) is 23.7 Å². The fourth-order valence-electron chi connectivity index (χ4n) is 3.96. The van der Waals surface area contributed by atoms with E-state index in [1.807, 2.05) is 42.6 Å². The number of pyridine rings is 1. The second kappa shape index (κ2) is 9.48. The van der Waals surface area contributed by atoms with Crippen LogP contribution in [-0.4, -0.2) is 42.1 Å². The highest BCUT2D eigenvalue weighted by Crippen LogP contribution is 2.30. The molecule has 188 valence electrons. The van der Waals surface area contributed by atoms with Crippen molar-refractivity contribution in [2.75, 3.05) is 18.0 Å². The van der Waals surface area contributed by atoms with Gasteiger partial charge in [0.15, 0.2) is 0 Å². The van der Waals surface area contributed by atoms with Crippen LogP contribution in [0.2, 0.25) is 0 Å². The predicted octanol–water partition coefficient (Wildman–Crippen LogP) is 3.86. The van der Waals surface area contributed by atoms with Crippen molar-refractivity contribution in [1.29, 1.82) is 0 Å². The van der Waals surface area contributed by atoms with E-state index in [0.29, 0.717) is 10.6 Å². The zero-order valence-corrected chi connectivity index (χ0v) is 19.5. The van der Waals surface area contributed by atoms with Crippen molar-refractivity contribution in [2.45, 2.75) is 26.6 Å². The lowest BCUT2D eigenvalue weighted by Crippen LogP contribution is -2.62. The van der Waals surface area contributed by atoms with Crippen LogP contribution in [0.3, 0.4) is 0 Å². The maximum atomic E-state index is 13.4. The Kier molecular flexibility index (Phi) is 6.57. The Morgan fingerprint density at radius 3 is 2.50 bits per heavy atom. The van der Waals surface area contributed by atoms with Crippen molar-refractivity contribution < 1.29 is 32.3 Å². The topological polar surface area (TPSA) is 101 Å². The summed E-state index contributed by atoms with van der Waals surface area (Å²) >= 11 is 0. The average Bonchev–Trinajstić information content (AvgIpc) is 2.83. The van der Waals surface area contributed by atoms with Crippen LogP contribution < -0.4 is 20.3 Å². The average molecular weight is 500 g/mol. The molecule has 8 nitrogen and oxygen atoms in total. The summed E-state index contributed by atoms with van der Waals surface area (Å²) in [5.74, 6) is -2.52. The van der Waals surface area contributed by atoms with Gasteiger partial charge in [-0.15, -0.1) is 0 Å². The number of halogens is 3. The van der Waals surface area contributed by atoms with Gasteiger partial charge >= 0.3 is 18.1 Å². The molecule has 1 aliphatic heterocycles. The normalized spacial score (nSPS) is 17.9. The zero-order chi connectivity index (χ0) is 26.1. The van der Waals surface area contributed by atoms with Crippen LogP contribution in [0.25, 0.3) is 10.9 Å². The van der Waals surface area contributed by atoms with E-state index in [4.69, 9.17) is 4.74 Å². The molecule has 0 spiro atoms. The smallest absolute Gasteiger partial charge is 0.471 e. The Bertz CT molecular complexity index is 1330. The van der Waals surface area contributed by atoms with Crippen LogP contribution in [0.5, 0.6) is 5.75 Å². The number of para-hydroxylation sites is 1. The quantitative estimate of drug-likeness (QED) is 0.535. The number of alkyl halides is 3. The summed E-state index contributed by atoms with van der Waals surface area (Å²) in [6.07, 6.45) is -5.17. The molecule has 1 atom stereocenters. The van der Waals surface area contributed by atoms with Gasteiger partial charge in [-0.1, -0.05) is 18.2 Å². The first kappa shape index (κ1) is 25.0. The number of carbonyl (C=O) groups excluding carboxylic acids is 3. The molecule has 36 heavy (non-hydrogen) atoms. The number of urea groups is 1. The number of hydrogen-bond donors (Lipinski definition) is 2. The summed E-state index contributed by atoms with van der Waals surface area (Å²) in [6, 6.07) is 14.3. The number of nitrogens with zero attached hydrogens (tertiary/aromatic N) is 2. The van der Waals surface area contributed by atoms with Gasteiger partial charge in [0.05, 0.1) is 10.9 Å². The number of hydrogen-bond acceptors (Lipinski definition) is 5. The Balaban J connectivity index is 1.55. The van der Waals surface area contributed by atoms with E-state index in [2.05, 4.69) is 10.3 Å². The summed E-state index contributed by atoms with van der Waals surface area (Å²) in [7, 11) is 0. The molecule has 2 N–H and O–H groups in total. The minimum atomic E-state index is -5.17. The molecule has 2 aromatic carbocycles. The van der Waals surface area contributed by atoms with Crippen molar-refractivity contribution in [3.63, 3.8) is 0 Å². The maximum absolute atomic E-state index is 13.4. The highest BCUT2D eigenvalue weighted by Gasteiger charge is 2.47. The number of fused-ring (bicyclic) bond motifs is 1. The predicted molar refractivity (Wildman–Crippen MR) is 125 cm³/mol. The molecule has 0 radical (unpaired) electrons. The second-order valence-corrected chi connectivity index (χ2v) is 8.81. The molecule has 11 heteroatoms. The van der Waals surface area contributed by atoms with Crippen LogP contribution in [0.15, 0.2) is 54.6 Å². The van der Waals surface area contributed by atoms with Gasteiger partial charge in [0.25, 0.3) is 0 Å². The maximum Gasteiger partial charge on any atom is 0.471 e. The van der Waals surface area contributed by atoms with Crippen LogP contribution >= 0.6 is 0 Å². The van der Waals surface area contributed by atoms with Crippen LogP contribution in [0, 0.1) is 12.3 Å². The number of ether oxygens (including phenoxy) is 1. The molecule has 0 bridgehead atoms. The number of anilines is 1. The lowest BCUT2D eigenvalue weighted by atomic mass is 9.87. The zero-order valence-electron chi connectivity index (χ0n) is 19.5. The molecule has 4 rings (SSSR count). The minimum Gasteiger partial charge on any atom is -0.489 e. The molecule has 3 aromatic rings. The van der Waals surface area contributed by atoms with Gasteiger partial charge in [0, 0.05) is 35.4 Å². The van der Waals surface area contributed by atoms with Gasteiger partial charge in [-0.05, 0) is 50.2 Å². The first-order chi connectivity index (χ1) is 17.0. The van der Waals surface area contributed by atoms with Gasteiger partial charge in [-0.3, -0.25) is 19.9 Å². The standard InChI is InChI=1S/C25H23F3N4O4/c1-15-11-16(19-5-3-4-6-20(19)30-15)12-36-18-9-7-17(8-10-18)32(22(34)25(26,27)28)14-24(2)13-29-23(35)31-21(24)33/h3-11H,12-14H2,1-2H3,(H2,29,31,33,35). The number of imide groups is 1. The van der Waals surface area contributed by atoms with E-state index < -0.39 is 36.0 Å². The second-order valence-electron chi connectivity index (χ2n) is 8.81. The van der Waals surface area contributed by atoms with Gasteiger partial charge in [-0.25, -0.2) is 4.79 Å². The van der Waals surface area contributed by atoms with Crippen molar-refractivity contribution in [2.24, 2.45) is 5.41 Å². The summed E-state index contributed by atoms with van der Waals surface area (Å²) in [5.41, 5.74) is 1.00. The number of carbonyl (C=O) groups is 3. The summed E-state index contributed by atoms with van der Waals surface area (Å²) in [6.45, 7) is 2.62. The van der Waals surface area contributed by atoms with Crippen molar-refractivity contribution >= 4 is 34.4 Å². The van der Waals surface area contributed by atoms with Gasteiger partial charge in [0.2, 0.25) is 5.91 Å². The van der Waals surface area contributed by atoms with Gasteiger partial charge < -0.3 is 15.0 Å². The highest BCUT2D eigenvalue weighted by molar-refractivity contribution is 6.02. The number of aryl methyl sites for hydroxylation is 1. The highest BCUT2D eigenvalue weighted by atomic mass is 19.4. The Hall–Kier alpha value is -4.15. The van der Waals surface area contributed by atoms with E-state index in [0.717, 1.165) is 22.2 Å². The SMILES string of the molecule is Cc1cc(COc2ccc(N(CC3(C)CNC(=O)NC3=O)C(=O)C(F)(F)F)cc2)c2ccccc2n1. The van der Waals surface area contributed by atoms with Gasteiger partial charge in [-0.2, -0.15) is 13.2 Å². The fraction of sp³-hybridized carbons (Fsp3) is 0.280. The van der Waals surface area contributed by atoms with E-state index in [-0.39, 0.29) is 18.8 Å². The molecule has 0 aliphatic carbocycles. The first-order valence-electron chi connectivity index (χ1n) is 11.0. The molecule has 1 unspecified atom stereocenters. The monoisotopic (exact) mass is 500 g/mol. The van der Waals surface area contributed by atoms with Crippen molar-refractivity contribution in [1.82, 2.24) is 15.6 Å². The van der Waals surface area contributed by atoms with Gasteiger partial charge in [0.1, 0.15) is 12.4 Å². The third-order valence-electron chi connectivity index (χ3n) is 5.88. The molecular formula is C25H23F3N4O4. The molecule has 1 aromatic heterocycles. The van der Waals surface area contributed by atoms with E-state index in [9.17, 15) is 27.6 Å². The molecule has 1 saturated heterocycles. The molecule has 4 amide bonds. The van der Waals surface area contributed by atoms with Crippen LogP contribution in [-0.2, 0) is 16.2 Å². The minimum absolute atomic E-state index is 0.0687. The van der Waals surface area contributed by atoms with E-state index in [1.54, 1.807) is 0 Å². The number of aromatic nitrogens is 1. The largest absolute Gasteiger partial charge is 0.489 e. The molecule has 0 saturated carbocycles. The Morgan fingerprint density at radius 2 is 1.83 bits per heavy atom. The van der Waals surface area contributed by atoms with Crippen molar-refractivity contribution in [3.05, 3.63) is 65.9 Å². The lowest BCUT2D eigenvalue weighted by molar-refractivity contribution is -0.170. The first-order valence-corrected chi connectivity index (χ1v) is 11.0. The molecule has 1 aliphatic rings. The summed E-state index contributed by atoms with van der Waals surface area (Å²) in [5, 5.41) is 5.33. The third kappa shape index (κ3) is 5.24. The van der Waals surface area contributed by atoms with Crippen molar-refractivity contribution in [3.8, 4) is 5.75 Å². The fourth-order valence-corrected chi connectivity index (χ4v) is 3.96. The summed E-state index contributed by atoms with van der Waals surface area (Å²) < 4.78 is 46.0. The van der Waals surface area contributed by atoms with Crippen LogP contribution in [0.1, 0.15) is 18.2 Å².